The topological polar surface area (TPSA) is 61.4 Å². The fourth-order valence-electron chi connectivity index (χ4n) is 3.42. The Labute approximate surface area is 160 Å². The van der Waals surface area contributed by atoms with Crippen LogP contribution in [0.4, 0.5) is 11.4 Å². The van der Waals surface area contributed by atoms with Crippen LogP contribution in [0.15, 0.2) is 42.5 Å². The number of nitrogens with zero attached hydrogens (tertiary/aromatic N) is 1. The second kappa shape index (κ2) is 8.25. The normalized spacial score (nSPS) is 14.0. The van der Waals surface area contributed by atoms with Gasteiger partial charge in [0.25, 0.3) is 0 Å². The Morgan fingerprint density at radius 3 is 2.44 bits per heavy atom. The summed E-state index contributed by atoms with van der Waals surface area (Å²) in [6, 6.07) is 13.5. The van der Waals surface area contributed by atoms with E-state index in [0.717, 1.165) is 24.1 Å². The molecule has 2 aromatic rings. The van der Waals surface area contributed by atoms with Crippen molar-refractivity contribution in [1.82, 2.24) is 5.32 Å². The van der Waals surface area contributed by atoms with Crippen molar-refractivity contribution >= 4 is 23.2 Å². The molecule has 142 valence electrons. The molecule has 1 aliphatic rings. The van der Waals surface area contributed by atoms with Crippen LogP contribution in [0.3, 0.4) is 0 Å². The predicted molar refractivity (Wildman–Crippen MR) is 109 cm³/mol. The summed E-state index contributed by atoms with van der Waals surface area (Å²) >= 11 is 0. The van der Waals surface area contributed by atoms with E-state index in [2.05, 4.69) is 22.8 Å². The summed E-state index contributed by atoms with van der Waals surface area (Å²) < 4.78 is 0. The van der Waals surface area contributed by atoms with Gasteiger partial charge in [0.1, 0.15) is 0 Å². The van der Waals surface area contributed by atoms with Gasteiger partial charge in [0, 0.05) is 25.5 Å². The Morgan fingerprint density at radius 2 is 1.70 bits per heavy atom. The first kappa shape index (κ1) is 19.0. The summed E-state index contributed by atoms with van der Waals surface area (Å²) in [5.74, 6) is -1.29. The molecule has 1 aliphatic carbocycles. The highest BCUT2D eigenvalue weighted by Gasteiger charge is 2.19. The minimum absolute atomic E-state index is 0.219. The van der Waals surface area contributed by atoms with E-state index in [4.69, 9.17) is 0 Å². The Morgan fingerprint density at radius 1 is 0.963 bits per heavy atom. The molecule has 5 nitrogen and oxygen atoms in total. The van der Waals surface area contributed by atoms with Crippen LogP contribution in [-0.2, 0) is 22.4 Å². The van der Waals surface area contributed by atoms with Crippen molar-refractivity contribution in [2.45, 2.75) is 38.6 Å². The molecule has 1 atom stereocenters. The summed E-state index contributed by atoms with van der Waals surface area (Å²) in [5.41, 5.74) is 5.36. The summed E-state index contributed by atoms with van der Waals surface area (Å²) in [6.45, 7) is 1.91. The Bertz CT molecular complexity index is 845. The lowest BCUT2D eigenvalue weighted by molar-refractivity contribution is -0.136. The van der Waals surface area contributed by atoms with Crippen LogP contribution in [0.5, 0.6) is 0 Å². The average molecular weight is 365 g/mol. The molecule has 1 unspecified atom stereocenters. The van der Waals surface area contributed by atoms with Crippen molar-refractivity contribution in [3.05, 3.63) is 59.2 Å². The molecule has 0 saturated heterocycles. The zero-order valence-electron chi connectivity index (χ0n) is 16.2. The van der Waals surface area contributed by atoms with E-state index in [9.17, 15) is 9.59 Å². The van der Waals surface area contributed by atoms with Crippen molar-refractivity contribution in [2.75, 3.05) is 24.3 Å². The summed E-state index contributed by atoms with van der Waals surface area (Å²) in [5, 5.41) is 5.47. The maximum Gasteiger partial charge on any atom is 0.313 e. The minimum atomic E-state index is -0.657. The second-order valence-electron chi connectivity index (χ2n) is 7.33. The van der Waals surface area contributed by atoms with E-state index in [1.807, 2.05) is 50.2 Å². The molecule has 0 saturated carbocycles. The number of anilines is 2. The fourth-order valence-corrected chi connectivity index (χ4v) is 3.42. The van der Waals surface area contributed by atoms with Gasteiger partial charge >= 0.3 is 11.8 Å². The number of amides is 2. The molecule has 27 heavy (non-hydrogen) atoms. The summed E-state index contributed by atoms with van der Waals surface area (Å²) in [6.07, 6.45) is 4.68. The van der Waals surface area contributed by atoms with Crippen LogP contribution < -0.4 is 15.5 Å². The van der Waals surface area contributed by atoms with E-state index in [1.165, 1.54) is 24.0 Å². The molecule has 2 aromatic carbocycles. The van der Waals surface area contributed by atoms with Crippen LogP contribution in [0.2, 0.25) is 0 Å². The van der Waals surface area contributed by atoms with Crippen molar-refractivity contribution in [2.24, 2.45) is 0 Å². The number of hydrogen-bond donors (Lipinski definition) is 2. The lowest BCUT2D eigenvalue weighted by Gasteiger charge is -2.20. The zero-order chi connectivity index (χ0) is 19.4. The first-order valence-corrected chi connectivity index (χ1v) is 9.45. The fraction of sp³-hybridized carbons (Fsp3) is 0.364. The van der Waals surface area contributed by atoms with Crippen LogP contribution >= 0.6 is 0 Å². The largest absolute Gasteiger partial charge is 0.378 e. The van der Waals surface area contributed by atoms with Gasteiger partial charge in [-0.2, -0.15) is 0 Å². The van der Waals surface area contributed by atoms with Crippen LogP contribution in [0.25, 0.3) is 0 Å². The quantitative estimate of drug-likeness (QED) is 0.816. The zero-order valence-corrected chi connectivity index (χ0v) is 16.2. The predicted octanol–water partition coefficient (Wildman–Crippen LogP) is 3.45. The van der Waals surface area contributed by atoms with E-state index >= 15 is 0 Å². The molecule has 0 heterocycles. The number of aryl methyl sites for hydroxylation is 2. The molecule has 5 heteroatoms. The second-order valence-corrected chi connectivity index (χ2v) is 7.33. The smallest absolute Gasteiger partial charge is 0.313 e. The molecule has 0 aromatic heterocycles. The lowest BCUT2D eigenvalue weighted by atomic mass is 9.89. The summed E-state index contributed by atoms with van der Waals surface area (Å²) in [4.78, 5) is 26.5. The third-order valence-corrected chi connectivity index (χ3v) is 5.05. The highest BCUT2D eigenvalue weighted by atomic mass is 16.2. The van der Waals surface area contributed by atoms with Gasteiger partial charge in [0.2, 0.25) is 0 Å². The molecule has 0 bridgehead atoms. The van der Waals surface area contributed by atoms with Gasteiger partial charge in [-0.05, 0) is 67.5 Å². The molecule has 0 spiro atoms. The molecule has 3 rings (SSSR count). The van der Waals surface area contributed by atoms with Crippen molar-refractivity contribution in [1.29, 1.82) is 0 Å². The highest BCUT2D eigenvalue weighted by Crippen LogP contribution is 2.24. The van der Waals surface area contributed by atoms with Crippen molar-refractivity contribution < 1.29 is 9.59 Å². The first-order chi connectivity index (χ1) is 12.9. The van der Waals surface area contributed by atoms with E-state index < -0.39 is 11.8 Å². The first-order valence-electron chi connectivity index (χ1n) is 9.45. The lowest BCUT2D eigenvalue weighted by Crippen LogP contribution is -2.37. The van der Waals surface area contributed by atoms with Crippen molar-refractivity contribution in [3.63, 3.8) is 0 Å². The number of nitrogens with one attached hydrogen (secondary N) is 2. The van der Waals surface area contributed by atoms with E-state index in [0.29, 0.717) is 5.69 Å². The SMILES string of the molecule is CC(NC(=O)C(=O)Nc1cccc(N(C)C)c1)c1ccc2c(c1)CCCC2. The Hall–Kier alpha value is -2.82. The van der Waals surface area contributed by atoms with E-state index in [1.54, 1.807) is 6.07 Å². The van der Waals surface area contributed by atoms with Crippen LogP contribution in [-0.4, -0.2) is 25.9 Å². The van der Waals surface area contributed by atoms with Gasteiger partial charge in [-0.25, -0.2) is 0 Å². The van der Waals surface area contributed by atoms with E-state index in [-0.39, 0.29) is 6.04 Å². The number of hydrogen-bond acceptors (Lipinski definition) is 3. The Kier molecular flexibility index (Phi) is 5.79. The molecular formula is C22H27N3O2. The molecule has 2 amide bonds. The van der Waals surface area contributed by atoms with Gasteiger partial charge in [-0.1, -0.05) is 24.3 Å². The molecule has 0 aliphatic heterocycles. The standard InChI is InChI=1S/C22H27N3O2/c1-15(17-12-11-16-7-4-5-8-18(16)13-17)23-21(26)22(27)24-19-9-6-10-20(14-19)25(2)3/h6,9-15H,4-5,7-8H2,1-3H3,(H,23,26)(H,24,27). The summed E-state index contributed by atoms with van der Waals surface area (Å²) in [7, 11) is 3.85. The van der Waals surface area contributed by atoms with Gasteiger partial charge < -0.3 is 15.5 Å². The van der Waals surface area contributed by atoms with Gasteiger partial charge in [-0.3, -0.25) is 9.59 Å². The van der Waals surface area contributed by atoms with Crippen molar-refractivity contribution in [3.8, 4) is 0 Å². The maximum absolute atomic E-state index is 12.3. The maximum atomic E-state index is 12.3. The van der Waals surface area contributed by atoms with Crippen LogP contribution in [0, 0.1) is 0 Å². The minimum Gasteiger partial charge on any atom is -0.378 e. The number of fused-ring (bicyclic) bond motifs is 1. The number of benzene rings is 2. The van der Waals surface area contributed by atoms with Gasteiger partial charge in [0.15, 0.2) is 0 Å². The highest BCUT2D eigenvalue weighted by molar-refractivity contribution is 6.39. The third kappa shape index (κ3) is 4.67. The van der Waals surface area contributed by atoms with Gasteiger partial charge in [-0.15, -0.1) is 0 Å². The van der Waals surface area contributed by atoms with Crippen LogP contribution in [0.1, 0.15) is 42.5 Å². The number of rotatable bonds is 4. The molecule has 0 radical (unpaired) electrons. The monoisotopic (exact) mass is 365 g/mol. The Balaban J connectivity index is 1.62. The number of carbonyl (C=O) groups excluding carboxylic acids is 2. The average Bonchev–Trinajstić information content (AvgIpc) is 2.67. The molecular weight excluding hydrogens is 338 g/mol. The number of carbonyl (C=O) groups is 2. The third-order valence-electron chi connectivity index (χ3n) is 5.05. The molecule has 2 N–H and O–H groups in total. The van der Waals surface area contributed by atoms with Gasteiger partial charge in [0.05, 0.1) is 6.04 Å². The molecule has 0 fully saturated rings.